The molecule has 2 aromatic heterocycles. The molecule has 5 heteroatoms. The SMILES string of the molecule is CC1=CCC(CC2CC2)(c2c(O)cc(CC3(Cc4cccs4)CC3)oc2=O)O1. The van der Waals surface area contributed by atoms with Crippen molar-refractivity contribution in [2.75, 3.05) is 0 Å². The van der Waals surface area contributed by atoms with Gasteiger partial charge in [0.25, 0.3) is 0 Å². The lowest BCUT2D eigenvalue weighted by molar-refractivity contribution is 0.00460. The van der Waals surface area contributed by atoms with E-state index in [1.54, 1.807) is 17.4 Å². The van der Waals surface area contributed by atoms with Crippen LogP contribution in [0.1, 0.15) is 61.6 Å². The molecule has 3 heterocycles. The average molecular weight is 399 g/mol. The van der Waals surface area contributed by atoms with Gasteiger partial charge in [0, 0.05) is 23.8 Å². The van der Waals surface area contributed by atoms with Gasteiger partial charge >= 0.3 is 5.63 Å². The lowest BCUT2D eigenvalue weighted by Crippen LogP contribution is -2.32. The Labute approximate surface area is 168 Å². The van der Waals surface area contributed by atoms with E-state index in [0.29, 0.717) is 30.1 Å². The molecular formula is C23H26O4S. The molecule has 3 aliphatic rings. The number of aromatic hydroxyl groups is 1. The Kier molecular flexibility index (Phi) is 4.20. The zero-order valence-electron chi connectivity index (χ0n) is 16.2. The molecule has 5 rings (SSSR count). The second kappa shape index (κ2) is 6.51. The van der Waals surface area contributed by atoms with Crippen molar-refractivity contribution >= 4 is 11.3 Å². The van der Waals surface area contributed by atoms with Gasteiger partial charge < -0.3 is 14.3 Å². The van der Waals surface area contributed by atoms with Gasteiger partial charge in [-0.15, -0.1) is 11.3 Å². The zero-order valence-corrected chi connectivity index (χ0v) is 17.0. The second-order valence-corrected chi connectivity index (χ2v) is 9.99. The van der Waals surface area contributed by atoms with Crippen molar-refractivity contribution in [3.63, 3.8) is 0 Å². The Hall–Kier alpha value is -2.01. The minimum atomic E-state index is -0.761. The number of hydrogen-bond donors (Lipinski definition) is 1. The molecule has 1 atom stereocenters. The van der Waals surface area contributed by atoms with Crippen molar-refractivity contribution in [1.29, 1.82) is 0 Å². The number of ether oxygens (including phenoxy) is 1. The van der Waals surface area contributed by atoms with E-state index >= 15 is 0 Å². The minimum Gasteiger partial charge on any atom is -0.507 e. The van der Waals surface area contributed by atoms with Gasteiger partial charge in [-0.25, -0.2) is 4.79 Å². The molecule has 2 saturated carbocycles. The molecule has 2 fully saturated rings. The summed E-state index contributed by atoms with van der Waals surface area (Å²) in [6.45, 7) is 1.91. The summed E-state index contributed by atoms with van der Waals surface area (Å²) >= 11 is 1.77. The predicted octanol–water partition coefficient (Wildman–Crippen LogP) is 5.29. The van der Waals surface area contributed by atoms with Gasteiger partial charge in [0.15, 0.2) is 0 Å². The molecule has 2 aliphatic carbocycles. The lowest BCUT2D eigenvalue weighted by atomic mass is 9.86. The highest BCUT2D eigenvalue weighted by Crippen LogP contribution is 2.52. The topological polar surface area (TPSA) is 59.7 Å². The van der Waals surface area contributed by atoms with Crippen LogP contribution in [0.5, 0.6) is 5.75 Å². The van der Waals surface area contributed by atoms with Crippen LogP contribution in [0.2, 0.25) is 0 Å². The Balaban J connectivity index is 1.42. The van der Waals surface area contributed by atoms with Gasteiger partial charge in [0.1, 0.15) is 22.7 Å². The molecule has 0 amide bonds. The summed E-state index contributed by atoms with van der Waals surface area (Å²) in [4.78, 5) is 14.3. The minimum absolute atomic E-state index is 0.0296. The highest BCUT2D eigenvalue weighted by molar-refractivity contribution is 7.09. The molecule has 0 aromatic carbocycles. The standard InChI is InChI=1S/C23H26O4S/c1-15-6-7-23(27-15,12-16-4-5-16)20-19(24)11-17(26-21(20)25)13-22(8-9-22)14-18-3-2-10-28-18/h2-3,6,10-11,16,24H,4-5,7-9,12-14H2,1H3. The molecule has 1 aliphatic heterocycles. The summed E-state index contributed by atoms with van der Waals surface area (Å²) in [6, 6.07) is 5.90. The summed E-state index contributed by atoms with van der Waals surface area (Å²) in [7, 11) is 0. The maximum atomic E-state index is 13.0. The Morgan fingerprint density at radius 3 is 2.68 bits per heavy atom. The van der Waals surface area contributed by atoms with Crippen molar-refractivity contribution < 1.29 is 14.3 Å². The molecule has 0 bridgehead atoms. The Bertz CT molecular complexity index is 963. The predicted molar refractivity (Wildman–Crippen MR) is 109 cm³/mol. The van der Waals surface area contributed by atoms with E-state index in [0.717, 1.165) is 31.4 Å². The third-order valence-electron chi connectivity index (χ3n) is 6.46. The van der Waals surface area contributed by atoms with E-state index in [9.17, 15) is 9.90 Å². The van der Waals surface area contributed by atoms with Crippen molar-refractivity contribution in [2.24, 2.45) is 11.3 Å². The first-order chi connectivity index (χ1) is 13.5. The van der Waals surface area contributed by atoms with Gasteiger partial charge in [-0.2, -0.15) is 0 Å². The fourth-order valence-electron chi connectivity index (χ4n) is 4.65. The van der Waals surface area contributed by atoms with Crippen molar-refractivity contribution in [3.05, 3.63) is 62.0 Å². The first-order valence-corrected chi connectivity index (χ1v) is 11.1. The highest BCUT2D eigenvalue weighted by atomic mass is 32.1. The van der Waals surface area contributed by atoms with Crippen molar-refractivity contribution in [1.82, 2.24) is 0 Å². The highest BCUT2D eigenvalue weighted by Gasteiger charge is 2.47. The molecule has 28 heavy (non-hydrogen) atoms. The van der Waals surface area contributed by atoms with E-state index in [4.69, 9.17) is 9.15 Å². The van der Waals surface area contributed by atoms with E-state index in [2.05, 4.69) is 17.5 Å². The zero-order chi connectivity index (χ0) is 19.4. The van der Waals surface area contributed by atoms with Crippen LogP contribution < -0.4 is 5.63 Å². The van der Waals surface area contributed by atoms with Gasteiger partial charge in [-0.05, 0) is 61.5 Å². The summed E-state index contributed by atoms with van der Waals surface area (Å²) < 4.78 is 11.9. The molecular weight excluding hydrogens is 372 g/mol. The normalized spacial score (nSPS) is 25.4. The summed E-state index contributed by atoms with van der Waals surface area (Å²) in [5.74, 6) is 2.00. The van der Waals surface area contributed by atoms with E-state index in [1.165, 1.54) is 17.7 Å². The maximum absolute atomic E-state index is 13.0. The van der Waals surface area contributed by atoms with Crippen LogP contribution in [-0.2, 0) is 23.2 Å². The first-order valence-electron chi connectivity index (χ1n) is 10.2. The molecule has 1 unspecified atom stereocenters. The monoisotopic (exact) mass is 398 g/mol. The quantitative estimate of drug-likeness (QED) is 0.688. The number of thiophene rings is 1. The summed E-state index contributed by atoms with van der Waals surface area (Å²) in [5, 5.41) is 12.9. The molecule has 0 saturated heterocycles. The van der Waals surface area contributed by atoms with Gasteiger partial charge in [0.2, 0.25) is 0 Å². The number of rotatable bonds is 7. The molecule has 1 N–H and O–H groups in total. The Morgan fingerprint density at radius 2 is 2.11 bits per heavy atom. The third kappa shape index (κ3) is 3.41. The number of allylic oxidation sites excluding steroid dienone is 1. The van der Waals surface area contributed by atoms with Crippen molar-refractivity contribution in [3.8, 4) is 5.75 Å². The average Bonchev–Trinajstić information content (AvgIpc) is 3.49. The molecule has 0 spiro atoms. The molecule has 2 aromatic rings. The van der Waals surface area contributed by atoms with Crippen LogP contribution >= 0.6 is 11.3 Å². The smallest absolute Gasteiger partial charge is 0.346 e. The van der Waals surface area contributed by atoms with Crippen LogP contribution in [0.25, 0.3) is 0 Å². The van der Waals surface area contributed by atoms with Crippen LogP contribution in [0, 0.1) is 11.3 Å². The van der Waals surface area contributed by atoms with Crippen LogP contribution in [0.3, 0.4) is 0 Å². The fourth-order valence-corrected chi connectivity index (χ4v) is 5.53. The first kappa shape index (κ1) is 18.0. The fraction of sp³-hybridized carbons (Fsp3) is 0.522. The van der Waals surface area contributed by atoms with Crippen LogP contribution in [0.4, 0.5) is 0 Å². The van der Waals surface area contributed by atoms with Gasteiger partial charge in [-0.1, -0.05) is 18.9 Å². The van der Waals surface area contributed by atoms with Crippen LogP contribution in [0.15, 0.2) is 44.6 Å². The van der Waals surface area contributed by atoms with E-state index in [-0.39, 0.29) is 11.2 Å². The third-order valence-corrected chi connectivity index (χ3v) is 7.34. The number of hydrogen-bond acceptors (Lipinski definition) is 5. The largest absolute Gasteiger partial charge is 0.507 e. The van der Waals surface area contributed by atoms with E-state index < -0.39 is 11.2 Å². The van der Waals surface area contributed by atoms with E-state index in [1.807, 2.05) is 13.0 Å². The van der Waals surface area contributed by atoms with Gasteiger partial charge in [-0.3, -0.25) is 0 Å². The van der Waals surface area contributed by atoms with Crippen molar-refractivity contribution in [2.45, 2.75) is 63.9 Å². The lowest BCUT2D eigenvalue weighted by Gasteiger charge is -2.30. The van der Waals surface area contributed by atoms with Crippen LogP contribution in [-0.4, -0.2) is 5.11 Å². The molecule has 4 nitrogen and oxygen atoms in total. The summed E-state index contributed by atoms with van der Waals surface area (Å²) in [5.41, 5.74) is -0.726. The van der Waals surface area contributed by atoms with Gasteiger partial charge in [0.05, 0.1) is 5.76 Å². The second-order valence-electron chi connectivity index (χ2n) is 8.96. The maximum Gasteiger partial charge on any atom is 0.346 e. The summed E-state index contributed by atoms with van der Waals surface area (Å²) in [6.07, 6.45) is 9.70. The molecule has 148 valence electrons. The molecule has 0 radical (unpaired) electrons. The Morgan fingerprint density at radius 1 is 1.29 bits per heavy atom.